The summed E-state index contributed by atoms with van der Waals surface area (Å²) in [4.78, 5) is 34.3. The molecule has 39 heavy (non-hydrogen) atoms. The summed E-state index contributed by atoms with van der Waals surface area (Å²) in [5, 5.41) is 0. The number of carbonyl (C=O) groups excluding carboxylic acids is 3. The van der Waals surface area contributed by atoms with Gasteiger partial charge in [-0.25, -0.2) is 4.79 Å². The van der Waals surface area contributed by atoms with Crippen LogP contribution in [0.25, 0.3) is 0 Å². The molecule has 1 spiro atoms. The molecule has 3 fully saturated rings. The normalized spacial score (nSPS) is 20.2. The standard InChI is InChI=1S/C25H33F6N3O2.CO2/c1-18-5-6-19(20(15-18)16-32-10-2-3-11-32)17-34-12-4-7-23(34)8-13-33(14-9-23)22(35)36-21(24(26,27)28)25(29,30)31;2-1-3/h5-6,15,21H,2-4,7-14,16-17H2,1H3;. The molecule has 7 nitrogen and oxygen atoms in total. The SMILES string of the molecule is Cc1ccc(CN2CCCC23CCN(C(=O)OC(C(F)(F)F)C(F)(F)F)CC3)c(CN2CCCC2)c1.O=C=O. The second-order valence-electron chi connectivity index (χ2n) is 10.4. The van der Waals surface area contributed by atoms with Gasteiger partial charge in [0.25, 0.3) is 6.10 Å². The largest absolute Gasteiger partial charge is 0.434 e. The lowest BCUT2D eigenvalue weighted by Crippen LogP contribution is -2.54. The summed E-state index contributed by atoms with van der Waals surface area (Å²) in [7, 11) is 0. The summed E-state index contributed by atoms with van der Waals surface area (Å²) in [6.07, 6.45) is -11.6. The highest BCUT2D eigenvalue weighted by molar-refractivity contribution is 5.68. The van der Waals surface area contributed by atoms with E-state index in [9.17, 15) is 31.1 Å². The van der Waals surface area contributed by atoms with E-state index in [-0.39, 0.29) is 24.8 Å². The lowest BCUT2D eigenvalue weighted by atomic mass is 9.84. The molecule has 0 N–H and O–H groups in total. The van der Waals surface area contributed by atoms with Crippen molar-refractivity contribution in [3.8, 4) is 0 Å². The van der Waals surface area contributed by atoms with E-state index in [0.29, 0.717) is 12.8 Å². The van der Waals surface area contributed by atoms with E-state index in [1.54, 1.807) is 0 Å². The number of piperidine rings is 1. The average molecular weight is 566 g/mol. The van der Waals surface area contributed by atoms with Crippen LogP contribution in [0.3, 0.4) is 0 Å². The number of carbonyl (C=O) groups is 1. The molecule has 218 valence electrons. The van der Waals surface area contributed by atoms with Crippen LogP contribution in [0, 0.1) is 6.92 Å². The number of rotatable bonds is 5. The number of hydrogen-bond acceptors (Lipinski definition) is 6. The van der Waals surface area contributed by atoms with Crippen LogP contribution in [-0.2, 0) is 27.4 Å². The molecular weight excluding hydrogens is 532 g/mol. The van der Waals surface area contributed by atoms with Crippen molar-refractivity contribution in [1.82, 2.24) is 14.7 Å². The molecule has 0 aromatic heterocycles. The number of ether oxygens (including phenoxy) is 1. The Labute approximate surface area is 223 Å². The predicted molar refractivity (Wildman–Crippen MR) is 126 cm³/mol. The number of likely N-dealkylation sites (tertiary alicyclic amines) is 3. The maximum atomic E-state index is 12.8. The zero-order valence-electron chi connectivity index (χ0n) is 21.7. The summed E-state index contributed by atoms with van der Waals surface area (Å²) in [6, 6.07) is 6.49. The highest BCUT2D eigenvalue weighted by Gasteiger charge is 2.60. The van der Waals surface area contributed by atoms with Crippen LogP contribution in [0.4, 0.5) is 31.1 Å². The molecule has 0 bridgehead atoms. The molecule has 0 radical (unpaired) electrons. The van der Waals surface area contributed by atoms with Crippen molar-refractivity contribution >= 4 is 12.2 Å². The number of benzene rings is 1. The number of amides is 1. The van der Waals surface area contributed by atoms with Gasteiger partial charge in [0.1, 0.15) is 0 Å². The Balaban J connectivity index is 0.00000134. The van der Waals surface area contributed by atoms with Crippen molar-refractivity contribution < 1.29 is 45.5 Å². The molecule has 1 aromatic rings. The van der Waals surface area contributed by atoms with Crippen molar-refractivity contribution in [1.29, 1.82) is 0 Å². The summed E-state index contributed by atoms with van der Waals surface area (Å²) < 4.78 is 80.7. The van der Waals surface area contributed by atoms with Gasteiger partial charge < -0.3 is 9.64 Å². The Morgan fingerprint density at radius 1 is 0.897 bits per heavy atom. The van der Waals surface area contributed by atoms with Crippen molar-refractivity contribution in [2.45, 2.75) is 82.5 Å². The summed E-state index contributed by atoms with van der Waals surface area (Å²) >= 11 is 0. The van der Waals surface area contributed by atoms with Crippen LogP contribution >= 0.6 is 0 Å². The van der Waals surface area contributed by atoms with Crippen LogP contribution in [0.15, 0.2) is 18.2 Å². The van der Waals surface area contributed by atoms with E-state index in [1.807, 2.05) is 0 Å². The van der Waals surface area contributed by atoms with Crippen LogP contribution in [0.2, 0.25) is 0 Å². The molecule has 1 aromatic carbocycles. The third-order valence-corrected chi connectivity index (χ3v) is 7.82. The third-order valence-electron chi connectivity index (χ3n) is 7.82. The van der Waals surface area contributed by atoms with Gasteiger partial charge in [-0.3, -0.25) is 9.80 Å². The first-order valence-electron chi connectivity index (χ1n) is 12.9. The first kappa shape index (κ1) is 30.9. The molecule has 4 rings (SSSR count). The molecule has 3 heterocycles. The average Bonchev–Trinajstić information content (AvgIpc) is 3.49. The second-order valence-corrected chi connectivity index (χ2v) is 10.4. The van der Waals surface area contributed by atoms with E-state index in [2.05, 4.69) is 39.7 Å². The molecule has 3 aliphatic rings. The minimum absolute atomic E-state index is 0.0618. The number of hydrogen-bond donors (Lipinski definition) is 0. The Hall–Kier alpha value is -2.63. The highest BCUT2D eigenvalue weighted by atomic mass is 19.4. The van der Waals surface area contributed by atoms with Crippen LogP contribution < -0.4 is 0 Å². The smallest absolute Gasteiger partial charge is 0.426 e. The fraction of sp³-hybridized carbons (Fsp3) is 0.692. The van der Waals surface area contributed by atoms with Crippen molar-refractivity contribution in [3.63, 3.8) is 0 Å². The van der Waals surface area contributed by atoms with Crippen LogP contribution in [0.1, 0.15) is 55.2 Å². The molecule has 0 atom stereocenters. The fourth-order valence-electron chi connectivity index (χ4n) is 5.85. The maximum absolute atomic E-state index is 12.8. The Kier molecular flexibility index (Phi) is 10.1. The summed E-state index contributed by atoms with van der Waals surface area (Å²) in [5.74, 6) is 0. The molecule has 0 aliphatic carbocycles. The zero-order valence-corrected chi connectivity index (χ0v) is 21.7. The molecule has 0 saturated carbocycles. The number of halogens is 6. The van der Waals surface area contributed by atoms with Gasteiger partial charge in [-0.1, -0.05) is 23.8 Å². The molecule has 13 heteroatoms. The maximum Gasteiger partial charge on any atom is 0.434 e. The lowest BCUT2D eigenvalue weighted by molar-refractivity contribution is -0.308. The van der Waals surface area contributed by atoms with E-state index in [0.717, 1.165) is 50.5 Å². The number of aryl methyl sites for hydroxylation is 1. The minimum atomic E-state index is -5.71. The number of nitrogens with zero attached hydrogens (tertiary/aromatic N) is 3. The quantitative estimate of drug-likeness (QED) is 0.465. The Morgan fingerprint density at radius 2 is 1.49 bits per heavy atom. The van der Waals surface area contributed by atoms with Crippen LogP contribution in [-0.4, -0.2) is 83.7 Å². The number of alkyl halides is 6. The van der Waals surface area contributed by atoms with E-state index >= 15 is 0 Å². The van der Waals surface area contributed by atoms with E-state index in [4.69, 9.17) is 9.59 Å². The topological polar surface area (TPSA) is 70.2 Å². The molecular formula is C26H33F6N3O4. The van der Waals surface area contributed by atoms with Crippen LogP contribution in [0.5, 0.6) is 0 Å². The van der Waals surface area contributed by atoms with Gasteiger partial charge in [-0.05, 0) is 76.2 Å². The summed E-state index contributed by atoms with van der Waals surface area (Å²) in [6.45, 7) is 6.89. The Morgan fingerprint density at radius 3 is 2.05 bits per heavy atom. The predicted octanol–water partition coefficient (Wildman–Crippen LogP) is 5.07. The fourth-order valence-corrected chi connectivity index (χ4v) is 5.85. The molecule has 0 unspecified atom stereocenters. The van der Waals surface area contributed by atoms with Gasteiger partial charge in [-0.2, -0.15) is 35.9 Å². The monoisotopic (exact) mass is 565 g/mol. The lowest BCUT2D eigenvalue weighted by Gasteiger charge is -2.45. The Bertz CT molecular complexity index is 998. The van der Waals surface area contributed by atoms with Crippen molar-refractivity contribution in [2.75, 3.05) is 32.7 Å². The van der Waals surface area contributed by atoms with Gasteiger partial charge in [0.05, 0.1) is 0 Å². The summed E-state index contributed by atoms with van der Waals surface area (Å²) in [5.41, 5.74) is 3.52. The molecule has 3 saturated heterocycles. The zero-order chi connectivity index (χ0) is 28.8. The van der Waals surface area contributed by atoms with Crippen molar-refractivity contribution in [2.24, 2.45) is 0 Å². The molecule has 3 aliphatic heterocycles. The van der Waals surface area contributed by atoms with Gasteiger partial charge in [0.2, 0.25) is 0 Å². The first-order valence-corrected chi connectivity index (χ1v) is 12.9. The highest BCUT2D eigenvalue weighted by Crippen LogP contribution is 2.41. The van der Waals surface area contributed by atoms with Gasteiger partial charge in [0.15, 0.2) is 0 Å². The minimum Gasteiger partial charge on any atom is -0.426 e. The molecule has 1 amide bonds. The van der Waals surface area contributed by atoms with E-state index in [1.165, 1.54) is 29.5 Å². The van der Waals surface area contributed by atoms with Gasteiger partial charge in [0, 0.05) is 31.7 Å². The van der Waals surface area contributed by atoms with Gasteiger partial charge in [-0.15, -0.1) is 0 Å². The first-order chi connectivity index (χ1) is 18.3. The van der Waals surface area contributed by atoms with Crippen molar-refractivity contribution in [3.05, 3.63) is 34.9 Å². The second kappa shape index (κ2) is 12.7. The van der Waals surface area contributed by atoms with Gasteiger partial charge >= 0.3 is 24.6 Å². The van der Waals surface area contributed by atoms with E-state index < -0.39 is 24.5 Å². The third kappa shape index (κ3) is 7.95.